The van der Waals surface area contributed by atoms with Crippen molar-refractivity contribution in [2.24, 2.45) is 16.8 Å². The van der Waals surface area contributed by atoms with Crippen molar-refractivity contribution in [2.75, 3.05) is 20.2 Å². The summed E-state index contributed by atoms with van der Waals surface area (Å²) in [6, 6.07) is 4.09. The van der Waals surface area contributed by atoms with Crippen LogP contribution >= 0.6 is 0 Å². The van der Waals surface area contributed by atoms with Crippen LogP contribution in [-0.4, -0.2) is 30.9 Å². The van der Waals surface area contributed by atoms with E-state index >= 15 is 0 Å². The van der Waals surface area contributed by atoms with Gasteiger partial charge >= 0.3 is 0 Å². The Kier molecular flexibility index (Phi) is 19.5. The molecule has 2 fully saturated rings. The molecule has 0 bridgehead atoms. The van der Waals surface area contributed by atoms with Crippen LogP contribution in [0.15, 0.2) is 68.7 Å². The van der Waals surface area contributed by atoms with Crippen molar-refractivity contribution in [3.63, 3.8) is 0 Å². The van der Waals surface area contributed by atoms with Crippen LogP contribution in [0.1, 0.15) is 139 Å². The molecule has 0 amide bonds. The highest BCUT2D eigenvalue weighted by Gasteiger charge is 2.22. The first-order chi connectivity index (χ1) is 22.3. The van der Waals surface area contributed by atoms with Gasteiger partial charge < -0.3 is 15.0 Å². The molecule has 0 atom stereocenters. The number of benzene rings is 1. The van der Waals surface area contributed by atoms with Gasteiger partial charge in [0.05, 0.1) is 24.9 Å². The predicted octanol–water partition coefficient (Wildman–Crippen LogP) is 12.1. The van der Waals surface area contributed by atoms with Gasteiger partial charge in [-0.15, -0.1) is 0 Å². The molecule has 0 aromatic heterocycles. The highest BCUT2D eigenvalue weighted by molar-refractivity contribution is 6.03. The molecule has 3 rings (SSSR count). The third-order valence-electron chi connectivity index (χ3n) is 9.52. The average molecular weight is 660 g/mol. The van der Waals surface area contributed by atoms with Crippen molar-refractivity contribution in [3.05, 3.63) is 80.7 Å². The van der Waals surface area contributed by atoms with Crippen LogP contribution in [0.2, 0.25) is 0 Å². The summed E-state index contributed by atoms with van der Waals surface area (Å²) in [7, 11) is 1.68. The molecule has 266 valence electrons. The molecule has 4 nitrogen and oxygen atoms in total. The largest absolute Gasteiger partial charge is 0.499 e. The molecule has 0 unspecified atom stereocenters. The van der Waals surface area contributed by atoms with Gasteiger partial charge in [0, 0.05) is 29.9 Å². The standard InChI is InChI=1S/C33H48F3N3O.C5H10.C2H6/c1-10-22(4)24(6)29(19-30(26(8)40-9)39-17-15-21(3)16-18-39)33(38-25(7)23(5)11-2)37-20-27-13-12-14-28(31(27)34)32(35)36;1-5-3-2-4-5;1-2/h12-14,19,21,32H,10-11,15-18,20H2,1-9H3,(H,37,38);5H,2-4H2,1H3;1-2H3/b24-22+,25-23?,29-19+,30-26-;;. The maximum atomic E-state index is 15.0. The second-order valence-corrected chi connectivity index (χ2v) is 12.8. The first kappa shape index (κ1) is 42.1. The van der Waals surface area contributed by atoms with Crippen LogP contribution < -0.4 is 5.32 Å². The number of rotatable bonds is 11. The van der Waals surface area contributed by atoms with Gasteiger partial charge in [-0.05, 0) is 83.8 Å². The lowest BCUT2D eigenvalue weighted by Gasteiger charge is -2.34. The number of methoxy groups -OCH3 is 1. The minimum absolute atomic E-state index is 0.0769. The maximum Gasteiger partial charge on any atom is 0.266 e. The fourth-order valence-electron chi connectivity index (χ4n) is 5.16. The van der Waals surface area contributed by atoms with E-state index in [0.29, 0.717) is 11.8 Å². The van der Waals surface area contributed by atoms with Crippen molar-refractivity contribution in [1.29, 1.82) is 0 Å². The van der Waals surface area contributed by atoms with Crippen LogP contribution in [0.25, 0.3) is 0 Å². The van der Waals surface area contributed by atoms with Crippen LogP contribution in [0.4, 0.5) is 13.2 Å². The van der Waals surface area contributed by atoms with Crippen LogP contribution in [0, 0.1) is 17.7 Å². The van der Waals surface area contributed by atoms with Gasteiger partial charge in [-0.3, -0.25) is 4.99 Å². The van der Waals surface area contributed by atoms with Gasteiger partial charge in [-0.25, -0.2) is 13.2 Å². The van der Waals surface area contributed by atoms with Crippen LogP contribution in [0.5, 0.6) is 0 Å². The molecule has 0 radical (unpaired) electrons. The molecule has 47 heavy (non-hydrogen) atoms. The molecule has 1 aliphatic carbocycles. The van der Waals surface area contributed by atoms with Gasteiger partial charge in [0.15, 0.2) is 0 Å². The lowest BCUT2D eigenvalue weighted by atomic mass is 9.88. The lowest BCUT2D eigenvalue weighted by molar-refractivity contribution is 0.146. The molecule has 1 aliphatic heterocycles. The Hall–Kier alpha value is -2.96. The van der Waals surface area contributed by atoms with E-state index < -0.39 is 17.8 Å². The number of hydrogen-bond acceptors (Lipinski definition) is 3. The minimum atomic E-state index is -2.89. The Bertz CT molecular complexity index is 1260. The summed E-state index contributed by atoms with van der Waals surface area (Å²) in [4.78, 5) is 7.21. The van der Waals surface area contributed by atoms with Gasteiger partial charge in [0.1, 0.15) is 17.4 Å². The first-order valence-corrected chi connectivity index (χ1v) is 17.8. The maximum absolute atomic E-state index is 15.0. The summed E-state index contributed by atoms with van der Waals surface area (Å²) in [5.74, 6) is 2.22. The monoisotopic (exact) mass is 660 g/mol. The van der Waals surface area contributed by atoms with Gasteiger partial charge in [-0.1, -0.05) is 90.2 Å². The summed E-state index contributed by atoms with van der Waals surface area (Å²) in [6.45, 7) is 24.8. The molecular formula is C40H64F3N3O. The summed E-state index contributed by atoms with van der Waals surface area (Å²) in [5, 5.41) is 3.50. The second kappa shape index (κ2) is 21.8. The predicted molar refractivity (Wildman–Crippen MR) is 195 cm³/mol. The molecule has 0 spiro atoms. The van der Waals surface area contributed by atoms with Crippen molar-refractivity contribution >= 4 is 5.84 Å². The molecule has 1 heterocycles. The molecular weight excluding hydrogens is 595 g/mol. The summed E-state index contributed by atoms with van der Waals surface area (Å²) < 4.78 is 47.5. The Morgan fingerprint density at radius 2 is 1.53 bits per heavy atom. The third kappa shape index (κ3) is 13.2. The van der Waals surface area contributed by atoms with E-state index in [9.17, 15) is 13.2 Å². The molecule has 2 aliphatic rings. The summed E-state index contributed by atoms with van der Waals surface area (Å²) in [5.41, 5.74) is 5.77. The van der Waals surface area contributed by atoms with E-state index in [0.717, 1.165) is 79.1 Å². The number of aliphatic imine (C=N–C) groups is 1. The quantitative estimate of drug-likeness (QED) is 0.111. The molecule has 7 heteroatoms. The Morgan fingerprint density at radius 1 is 0.957 bits per heavy atom. The number of nitrogens with zero attached hydrogens (tertiary/aromatic N) is 2. The number of ether oxygens (including phenoxy) is 1. The SMILES string of the molecule is CC.CC1CCC1.CCC(C)=C(C)NC(=NCc1cccc(C(F)F)c1F)C(=C/C(=C(\C)OC)N1CCC(C)CC1)/C(C)=C(\C)CC. The highest BCUT2D eigenvalue weighted by Crippen LogP contribution is 2.29. The van der Waals surface area contributed by atoms with Crippen molar-refractivity contribution in [1.82, 2.24) is 10.2 Å². The van der Waals surface area contributed by atoms with Crippen LogP contribution in [0.3, 0.4) is 0 Å². The normalized spacial score (nSPS) is 17.7. The van der Waals surface area contributed by atoms with Crippen molar-refractivity contribution in [2.45, 2.75) is 134 Å². The van der Waals surface area contributed by atoms with E-state index in [2.05, 4.69) is 64.8 Å². The Labute approximate surface area is 285 Å². The molecule has 1 aromatic rings. The molecule has 1 saturated carbocycles. The Balaban J connectivity index is 0.00000141. The lowest BCUT2D eigenvalue weighted by Crippen LogP contribution is -2.33. The third-order valence-corrected chi connectivity index (χ3v) is 9.52. The summed E-state index contributed by atoms with van der Waals surface area (Å²) >= 11 is 0. The number of hydrogen-bond donors (Lipinski definition) is 1. The number of likely N-dealkylation sites (tertiary alicyclic amines) is 1. The number of nitrogens with one attached hydrogen (secondary N) is 1. The van der Waals surface area contributed by atoms with Gasteiger partial charge in [0.25, 0.3) is 6.43 Å². The number of amidine groups is 1. The zero-order valence-corrected chi connectivity index (χ0v) is 31.5. The Morgan fingerprint density at radius 3 is 2.00 bits per heavy atom. The second-order valence-electron chi connectivity index (χ2n) is 12.8. The molecule has 1 N–H and O–H groups in total. The average Bonchev–Trinajstić information content (AvgIpc) is 3.06. The highest BCUT2D eigenvalue weighted by atomic mass is 19.3. The topological polar surface area (TPSA) is 36.9 Å². The first-order valence-electron chi connectivity index (χ1n) is 17.8. The molecule has 1 aromatic carbocycles. The van der Waals surface area contributed by atoms with Crippen molar-refractivity contribution < 1.29 is 17.9 Å². The number of piperidine rings is 1. The summed E-state index contributed by atoms with van der Waals surface area (Å²) in [6.07, 6.45) is 7.61. The number of allylic oxidation sites excluding steroid dienone is 5. The smallest absolute Gasteiger partial charge is 0.266 e. The van der Waals surface area contributed by atoms with E-state index in [-0.39, 0.29) is 12.1 Å². The van der Waals surface area contributed by atoms with Gasteiger partial charge in [-0.2, -0.15) is 0 Å². The zero-order valence-electron chi connectivity index (χ0n) is 31.5. The molecule has 1 saturated heterocycles. The van der Waals surface area contributed by atoms with E-state index in [1.165, 1.54) is 42.5 Å². The fraction of sp³-hybridized carbons (Fsp3) is 0.625. The van der Waals surface area contributed by atoms with E-state index in [1.54, 1.807) is 7.11 Å². The van der Waals surface area contributed by atoms with E-state index in [4.69, 9.17) is 9.73 Å². The minimum Gasteiger partial charge on any atom is -0.499 e. The zero-order chi connectivity index (χ0) is 35.7. The fourth-order valence-corrected chi connectivity index (χ4v) is 5.16. The van der Waals surface area contributed by atoms with E-state index in [1.807, 2.05) is 27.7 Å². The number of alkyl halides is 2. The van der Waals surface area contributed by atoms with Gasteiger partial charge in [0.2, 0.25) is 0 Å². The van der Waals surface area contributed by atoms with Crippen molar-refractivity contribution in [3.8, 4) is 0 Å². The van der Waals surface area contributed by atoms with Crippen LogP contribution in [-0.2, 0) is 11.3 Å². The number of halogens is 3.